The second-order valence-corrected chi connectivity index (χ2v) is 6.15. The van der Waals surface area contributed by atoms with Crippen molar-refractivity contribution in [3.63, 3.8) is 0 Å². The normalized spacial score (nSPS) is 19.1. The Morgan fingerprint density at radius 2 is 2.04 bits per heavy atom. The lowest BCUT2D eigenvalue weighted by Crippen LogP contribution is -2.51. The SMILES string of the molecule is CC1=CC2=CN(CCCCCNCCCN=C(N)N)C(=O)NC2N1. The highest BCUT2D eigenvalue weighted by Gasteiger charge is 2.28. The largest absolute Gasteiger partial charge is 0.370 e. The summed E-state index contributed by atoms with van der Waals surface area (Å²) >= 11 is 0. The van der Waals surface area contributed by atoms with E-state index in [9.17, 15) is 4.79 Å². The van der Waals surface area contributed by atoms with Crippen molar-refractivity contribution in [2.24, 2.45) is 16.5 Å². The van der Waals surface area contributed by atoms with Crippen molar-refractivity contribution < 1.29 is 4.79 Å². The molecule has 2 amide bonds. The van der Waals surface area contributed by atoms with Crippen LogP contribution in [0.1, 0.15) is 32.6 Å². The molecule has 0 bridgehead atoms. The lowest BCUT2D eigenvalue weighted by Gasteiger charge is -2.29. The van der Waals surface area contributed by atoms with E-state index in [2.05, 4.69) is 27.0 Å². The highest BCUT2D eigenvalue weighted by molar-refractivity contribution is 5.78. The maximum atomic E-state index is 12.0. The number of amides is 2. The number of unbranched alkanes of at least 4 members (excludes halogenated alkanes) is 2. The minimum absolute atomic E-state index is 0.0304. The number of hydrogen-bond donors (Lipinski definition) is 5. The molecule has 1 atom stereocenters. The van der Waals surface area contributed by atoms with E-state index in [0.29, 0.717) is 6.54 Å². The van der Waals surface area contributed by atoms with Crippen LogP contribution >= 0.6 is 0 Å². The summed E-state index contributed by atoms with van der Waals surface area (Å²) in [7, 11) is 0. The molecule has 0 aromatic heterocycles. The topological polar surface area (TPSA) is 121 Å². The van der Waals surface area contributed by atoms with Crippen LogP contribution < -0.4 is 27.4 Å². The molecular formula is C16H29N7O. The van der Waals surface area contributed by atoms with E-state index in [1.807, 2.05) is 13.1 Å². The van der Waals surface area contributed by atoms with Gasteiger partial charge < -0.3 is 32.3 Å². The number of hydrogen-bond acceptors (Lipinski definition) is 4. The summed E-state index contributed by atoms with van der Waals surface area (Å²) in [5.41, 5.74) is 12.7. The standard InChI is InChI=1S/C16H29N7O/c1-12-10-13-11-23(16(24)22-14(13)21-12)9-4-2-3-6-19-7-5-8-20-15(17)18/h10-11,14,19,21H,2-9H2,1H3,(H,22,24)(H4,17,18,20). The first-order valence-corrected chi connectivity index (χ1v) is 8.56. The summed E-state index contributed by atoms with van der Waals surface area (Å²) in [4.78, 5) is 17.7. The number of nitrogens with zero attached hydrogens (tertiary/aromatic N) is 2. The predicted molar refractivity (Wildman–Crippen MR) is 96.0 cm³/mol. The third-order valence-electron chi connectivity index (χ3n) is 3.98. The zero-order chi connectivity index (χ0) is 17.4. The predicted octanol–water partition coefficient (Wildman–Crippen LogP) is 0.152. The molecule has 2 heterocycles. The maximum Gasteiger partial charge on any atom is 0.323 e. The number of aliphatic imine (C=N–C) groups is 1. The fourth-order valence-corrected chi connectivity index (χ4v) is 2.77. The molecule has 0 spiro atoms. The highest BCUT2D eigenvalue weighted by atomic mass is 16.2. The lowest BCUT2D eigenvalue weighted by atomic mass is 10.2. The van der Waals surface area contributed by atoms with Crippen LogP contribution in [0.3, 0.4) is 0 Å². The van der Waals surface area contributed by atoms with E-state index >= 15 is 0 Å². The van der Waals surface area contributed by atoms with Crippen LogP contribution in [0.2, 0.25) is 0 Å². The second kappa shape index (κ2) is 9.17. The summed E-state index contributed by atoms with van der Waals surface area (Å²) in [5, 5.41) is 9.55. The molecule has 0 aromatic rings. The van der Waals surface area contributed by atoms with Gasteiger partial charge in [-0.15, -0.1) is 0 Å². The minimum atomic E-state index is -0.0584. The lowest BCUT2D eigenvalue weighted by molar-refractivity contribution is 0.206. The van der Waals surface area contributed by atoms with E-state index in [0.717, 1.165) is 56.6 Å². The Labute approximate surface area is 143 Å². The number of nitrogens with one attached hydrogen (secondary N) is 3. The summed E-state index contributed by atoms with van der Waals surface area (Å²) < 4.78 is 0. The van der Waals surface area contributed by atoms with E-state index in [-0.39, 0.29) is 18.2 Å². The summed E-state index contributed by atoms with van der Waals surface area (Å²) in [5.74, 6) is 0.150. The van der Waals surface area contributed by atoms with Gasteiger partial charge in [-0.3, -0.25) is 4.99 Å². The van der Waals surface area contributed by atoms with Crippen molar-refractivity contribution in [1.29, 1.82) is 0 Å². The number of urea groups is 1. The van der Waals surface area contributed by atoms with E-state index in [1.54, 1.807) is 4.90 Å². The zero-order valence-electron chi connectivity index (χ0n) is 14.3. The average molecular weight is 335 g/mol. The highest BCUT2D eigenvalue weighted by Crippen LogP contribution is 2.19. The third kappa shape index (κ3) is 5.77. The number of nitrogens with two attached hydrogens (primary N) is 2. The second-order valence-electron chi connectivity index (χ2n) is 6.15. The quantitative estimate of drug-likeness (QED) is 0.221. The number of fused-ring (bicyclic) bond motifs is 1. The van der Waals surface area contributed by atoms with Gasteiger partial charge in [0.2, 0.25) is 0 Å². The minimum Gasteiger partial charge on any atom is -0.370 e. The number of carbonyl (C=O) groups is 1. The zero-order valence-corrected chi connectivity index (χ0v) is 14.3. The van der Waals surface area contributed by atoms with Gasteiger partial charge in [-0.1, -0.05) is 6.42 Å². The first-order valence-electron chi connectivity index (χ1n) is 8.56. The average Bonchev–Trinajstić information content (AvgIpc) is 2.87. The van der Waals surface area contributed by atoms with Crippen LogP contribution in [-0.4, -0.2) is 49.2 Å². The Hall–Kier alpha value is -2.22. The molecule has 0 saturated heterocycles. The molecule has 0 aliphatic carbocycles. The molecule has 2 aliphatic heterocycles. The molecule has 0 radical (unpaired) electrons. The molecule has 8 heteroatoms. The van der Waals surface area contributed by atoms with Crippen molar-refractivity contribution in [3.8, 4) is 0 Å². The summed E-state index contributed by atoms with van der Waals surface area (Å²) in [6, 6.07) is -0.0304. The van der Waals surface area contributed by atoms with Gasteiger partial charge in [0, 0.05) is 30.6 Å². The van der Waals surface area contributed by atoms with Crippen molar-refractivity contribution in [3.05, 3.63) is 23.5 Å². The summed E-state index contributed by atoms with van der Waals surface area (Å²) in [6.45, 7) is 5.30. The molecule has 0 aromatic carbocycles. The molecule has 0 fully saturated rings. The van der Waals surface area contributed by atoms with Crippen molar-refractivity contribution in [2.45, 2.75) is 38.8 Å². The molecule has 134 valence electrons. The molecule has 24 heavy (non-hydrogen) atoms. The van der Waals surface area contributed by atoms with Crippen molar-refractivity contribution in [1.82, 2.24) is 20.9 Å². The Balaban J connectivity index is 1.53. The Morgan fingerprint density at radius 3 is 2.83 bits per heavy atom. The first-order chi connectivity index (χ1) is 11.6. The van der Waals surface area contributed by atoms with Gasteiger partial charge in [-0.2, -0.15) is 0 Å². The van der Waals surface area contributed by atoms with Gasteiger partial charge in [0.15, 0.2) is 5.96 Å². The van der Waals surface area contributed by atoms with Crippen LogP contribution in [0.5, 0.6) is 0 Å². The number of guanidine groups is 1. The van der Waals surface area contributed by atoms with Gasteiger partial charge in [0.25, 0.3) is 0 Å². The van der Waals surface area contributed by atoms with Gasteiger partial charge in [-0.05, 0) is 45.4 Å². The number of rotatable bonds is 10. The third-order valence-corrected chi connectivity index (χ3v) is 3.98. The molecule has 2 aliphatic rings. The number of allylic oxidation sites excluding steroid dienone is 1. The van der Waals surface area contributed by atoms with Crippen molar-refractivity contribution in [2.75, 3.05) is 26.2 Å². The Morgan fingerprint density at radius 1 is 1.25 bits per heavy atom. The molecule has 2 rings (SSSR count). The first kappa shape index (κ1) is 18.1. The van der Waals surface area contributed by atoms with Gasteiger partial charge in [-0.25, -0.2) is 4.79 Å². The van der Waals surface area contributed by atoms with Crippen molar-refractivity contribution >= 4 is 12.0 Å². The molecule has 7 N–H and O–H groups in total. The monoisotopic (exact) mass is 335 g/mol. The van der Waals surface area contributed by atoms with Crippen LogP contribution in [0.25, 0.3) is 0 Å². The van der Waals surface area contributed by atoms with E-state index in [1.165, 1.54) is 0 Å². The molecule has 0 saturated carbocycles. The van der Waals surface area contributed by atoms with E-state index < -0.39 is 0 Å². The van der Waals surface area contributed by atoms with E-state index in [4.69, 9.17) is 11.5 Å². The Kier molecular flexibility index (Phi) is 6.92. The maximum absolute atomic E-state index is 12.0. The van der Waals surface area contributed by atoms with Crippen LogP contribution in [0.15, 0.2) is 28.5 Å². The summed E-state index contributed by atoms with van der Waals surface area (Å²) in [6.07, 6.45) is 8.08. The molecular weight excluding hydrogens is 306 g/mol. The Bertz CT molecular complexity index is 523. The smallest absolute Gasteiger partial charge is 0.323 e. The molecule has 1 unspecified atom stereocenters. The van der Waals surface area contributed by atoms with Gasteiger partial charge in [0.05, 0.1) is 0 Å². The molecule has 8 nitrogen and oxygen atoms in total. The fraction of sp³-hybridized carbons (Fsp3) is 0.625. The van der Waals surface area contributed by atoms with Gasteiger partial charge in [0.1, 0.15) is 6.17 Å². The van der Waals surface area contributed by atoms with Gasteiger partial charge >= 0.3 is 6.03 Å². The fourth-order valence-electron chi connectivity index (χ4n) is 2.77. The van der Waals surface area contributed by atoms with Crippen LogP contribution in [-0.2, 0) is 0 Å². The van der Waals surface area contributed by atoms with Crippen LogP contribution in [0, 0.1) is 0 Å². The van der Waals surface area contributed by atoms with Crippen LogP contribution in [0.4, 0.5) is 4.79 Å². The number of carbonyl (C=O) groups excluding carboxylic acids is 1.